The van der Waals surface area contributed by atoms with Crippen molar-refractivity contribution >= 4 is 5.91 Å². The lowest BCUT2D eigenvalue weighted by molar-refractivity contribution is 0.0954. The number of pyridine rings is 1. The molecule has 0 unspecified atom stereocenters. The number of hydrogen-bond acceptors (Lipinski definition) is 3. The number of rotatable bonds is 4. The van der Waals surface area contributed by atoms with Crippen LogP contribution in [0.25, 0.3) is 0 Å². The van der Waals surface area contributed by atoms with E-state index < -0.39 is 0 Å². The van der Waals surface area contributed by atoms with Gasteiger partial charge in [0.15, 0.2) is 0 Å². The minimum Gasteiger partial charge on any atom is -0.493 e. The first-order valence-corrected chi connectivity index (χ1v) is 6.76. The third-order valence-corrected chi connectivity index (χ3v) is 3.40. The first-order chi connectivity index (χ1) is 9.83. The summed E-state index contributed by atoms with van der Waals surface area (Å²) in [6.45, 7) is 1.40. The molecule has 0 saturated carbocycles. The zero-order valence-electron chi connectivity index (χ0n) is 11.1. The smallest absolute Gasteiger partial charge is 0.251 e. The topological polar surface area (TPSA) is 51.2 Å². The van der Waals surface area contributed by atoms with Gasteiger partial charge in [0.1, 0.15) is 5.75 Å². The number of ether oxygens (including phenoxy) is 1. The van der Waals surface area contributed by atoms with Crippen LogP contribution in [-0.4, -0.2) is 24.0 Å². The molecular weight excluding hydrogens is 252 g/mol. The van der Waals surface area contributed by atoms with Crippen molar-refractivity contribution in [3.63, 3.8) is 0 Å². The number of benzene rings is 1. The van der Waals surface area contributed by atoms with Crippen molar-refractivity contribution in [2.45, 2.75) is 12.8 Å². The number of nitrogens with zero attached hydrogens (tertiary/aromatic N) is 1. The van der Waals surface area contributed by atoms with Crippen LogP contribution in [-0.2, 0) is 12.8 Å². The molecule has 0 bridgehead atoms. The summed E-state index contributed by atoms with van der Waals surface area (Å²) in [5.74, 6) is 0.937. The van der Waals surface area contributed by atoms with Crippen molar-refractivity contribution in [3.05, 3.63) is 59.4 Å². The largest absolute Gasteiger partial charge is 0.493 e. The van der Waals surface area contributed by atoms with Gasteiger partial charge in [0.25, 0.3) is 5.91 Å². The van der Waals surface area contributed by atoms with Crippen LogP contribution in [0.15, 0.2) is 42.7 Å². The van der Waals surface area contributed by atoms with Crippen LogP contribution < -0.4 is 10.1 Å². The maximum Gasteiger partial charge on any atom is 0.251 e. The van der Waals surface area contributed by atoms with Gasteiger partial charge in [0.2, 0.25) is 0 Å². The van der Waals surface area contributed by atoms with Crippen LogP contribution in [0.2, 0.25) is 0 Å². The van der Waals surface area contributed by atoms with E-state index in [1.54, 1.807) is 24.5 Å². The summed E-state index contributed by atoms with van der Waals surface area (Å²) in [7, 11) is 0. The summed E-state index contributed by atoms with van der Waals surface area (Å²) in [5.41, 5.74) is 3.13. The lowest BCUT2D eigenvalue weighted by atomic mass is 10.1. The zero-order chi connectivity index (χ0) is 13.8. The number of aromatic nitrogens is 1. The van der Waals surface area contributed by atoms with Gasteiger partial charge in [-0.15, -0.1) is 0 Å². The lowest BCUT2D eigenvalue weighted by Gasteiger charge is -2.06. The Hall–Kier alpha value is -2.36. The first-order valence-electron chi connectivity index (χ1n) is 6.76. The summed E-state index contributed by atoms with van der Waals surface area (Å²) in [6, 6.07) is 9.66. The van der Waals surface area contributed by atoms with Crippen LogP contribution in [0.3, 0.4) is 0 Å². The molecule has 0 spiro atoms. The maximum atomic E-state index is 11.9. The van der Waals surface area contributed by atoms with Gasteiger partial charge < -0.3 is 10.1 Å². The fraction of sp³-hybridized carbons (Fsp3) is 0.250. The van der Waals surface area contributed by atoms with E-state index in [4.69, 9.17) is 4.74 Å². The van der Waals surface area contributed by atoms with E-state index in [1.165, 1.54) is 11.1 Å². The maximum absolute atomic E-state index is 11.9. The summed E-state index contributed by atoms with van der Waals surface area (Å²) < 4.78 is 5.48. The molecule has 20 heavy (non-hydrogen) atoms. The molecule has 1 aromatic heterocycles. The number of carbonyl (C=O) groups excluding carboxylic acids is 1. The number of nitrogens with one attached hydrogen (secondary N) is 1. The Kier molecular flexibility index (Phi) is 3.63. The number of hydrogen-bond donors (Lipinski definition) is 1. The predicted molar refractivity (Wildman–Crippen MR) is 75.9 cm³/mol. The fourth-order valence-electron chi connectivity index (χ4n) is 2.32. The SMILES string of the molecule is O=C(NCCc1ccc2c(c1)CCO2)c1ccncc1. The fourth-order valence-corrected chi connectivity index (χ4v) is 2.32. The van der Waals surface area contributed by atoms with Gasteiger partial charge >= 0.3 is 0 Å². The van der Waals surface area contributed by atoms with Gasteiger partial charge in [-0.3, -0.25) is 9.78 Å². The highest BCUT2D eigenvalue weighted by Gasteiger charge is 2.12. The number of carbonyl (C=O) groups is 1. The molecule has 4 heteroatoms. The molecule has 4 nitrogen and oxygen atoms in total. The van der Waals surface area contributed by atoms with Crippen molar-refractivity contribution in [2.24, 2.45) is 0 Å². The Labute approximate surface area is 117 Å². The Balaban J connectivity index is 1.54. The molecule has 3 rings (SSSR count). The molecule has 0 aliphatic carbocycles. The summed E-state index contributed by atoms with van der Waals surface area (Å²) in [5, 5.41) is 2.92. The third-order valence-electron chi connectivity index (χ3n) is 3.40. The second kappa shape index (κ2) is 5.74. The molecule has 1 aromatic carbocycles. The van der Waals surface area contributed by atoms with Crippen LogP contribution in [0, 0.1) is 0 Å². The van der Waals surface area contributed by atoms with Crippen molar-refractivity contribution in [1.82, 2.24) is 10.3 Å². The minimum atomic E-state index is -0.0584. The molecule has 1 N–H and O–H groups in total. The van der Waals surface area contributed by atoms with E-state index in [-0.39, 0.29) is 5.91 Å². The van der Waals surface area contributed by atoms with E-state index in [2.05, 4.69) is 22.4 Å². The molecule has 1 aliphatic rings. The zero-order valence-corrected chi connectivity index (χ0v) is 11.1. The lowest BCUT2D eigenvalue weighted by Crippen LogP contribution is -2.25. The second-order valence-electron chi connectivity index (χ2n) is 4.78. The minimum absolute atomic E-state index is 0.0584. The van der Waals surface area contributed by atoms with Crippen LogP contribution in [0.1, 0.15) is 21.5 Å². The Morgan fingerprint density at radius 3 is 2.95 bits per heavy atom. The van der Waals surface area contributed by atoms with Gasteiger partial charge in [0, 0.05) is 30.9 Å². The van der Waals surface area contributed by atoms with Gasteiger partial charge in [0.05, 0.1) is 6.61 Å². The Morgan fingerprint density at radius 2 is 2.10 bits per heavy atom. The number of fused-ring (bicyclic) bond motifs is 1. The highest BCUT2D eigenvalue weighted by atomic mass is 16.5. The molecule has 0 radical (unpaired) electrons. The molecule has 1 aliphatic heterocycles. The van der Waals surface area contributed by atoms with Crippen LogP contribution >= 0.6 is 0 Å². The standard InChI is InChI=1S/C16H16N2O2/c19-16(13-4-7-17-8-5-13)18-9-3-12-1-2-15-14(11-12)6-10-20-15/h1-2,4-5,7-8,11H,3,6,9-10H2,(H,18,19). The first kappa shape index (κ1) is 12.7. The van der Waals surface area contributed by atoms with Gasteiger partial charge in [-0.1, -0.05) is 12.1 Å². The van der Waals surface area contributed by atoms with Crippen molar-refractivity contribution < 1.29 is 9.53 Å². The molecule has 1 amide bonds. The normalized spacial score (nSPS) is 12.6. The van der Waals surface area contributed by atoms with Gasteiger partial charge in [-0.25, -0.2) is 0 Å². The van der Waals surface area contributed by atoms with Gasteiger partial charge in [-0.05, 0) is 35.7 Å². The molecule has 0 saturated heterocycles. The Morgan fingerprint density at radius 1 is 1.25 bits per heavy atom. The Bertz CT molecular complexity index is 611. The number of amides is 1. The average molecular weight is 268 g/mol. The third kappa shape index (κ3) is 2.79. The second-order valence-corrected chi connectivity index (χ2v) is 4.78. The van der Waals surface area contributed by atoms with E-state index in [0.717, 1.165) is 25.2 Å². The van der Waals surface area contributed by atoms with E-state index >= 15 is 0 Å². The van der Waals surface area contributed by atoms with E-state index in [0.29, 0.717) is 12.1 Å². The summed E-state index contributed by atoms with van der Waals surface area (Å²) in [4.78, 5) is 15.8. The molecular formula is C16H16N2O2. The van der Waals surface area contributed by atoms with Crippen molar-refractivity contribution in [2.75, 3.05) is 13.2 Å². The summed E-state index contributed by atoms with van der Waals surface area (Å²) in [6.07, 6.45) is 5.04. The van der Waals surface area contributed by atoms with Crippen LogP contribution in [0.4, 0.5) is 0 Å². The summed E-state index contributed by atoms with van der Waals surface area (Å²) >= 11 is 0. The molecule has 0 fully saturated rings. The van der Waals surface area contributed by atoms with Crippen molar-refractivity contribution in [3.8, 4) is 5.75 Å². The molecule has 2 aromatic rings. The van der Waals surface area contributed by atoms with Crippen LogP contribution in [0.5, 0.6) is 5.75 Å². The highest BCUT2D eigenvalue weighted by Crippen LogP contribution is 2.25. The van der Waals surface area contributed by atoms with Crippen molar-refractivity contribution in [1.29, 1.82) is 0 Å². The highest BCUT2D eigenvalue weighted by molar-refractivity contribution is 5.93. The monoisotopic (exact) mass is 268 g/mol. The molecule has 2 heterocycles. The van der Waals surface area contributed by atoms with Gasteiger partial charge in [-0.2, -0.15) is 0 Å². The van der Waals surface area contributed by atoms with E-state index in [9.17, 15) is 4.79 Å². The molecule has 0 atom stereocenters. The van der Waals surface area contributed by atoms with E-state index in [1.807, 2.05) is 6.07 Å². The predicted octanol–water partition coefficient (Wildman–Crippen LogP) is 1.99. The quantitative estimate of drug-likeness (QED) is 0.922. The molecule has 102 valence electrons. The average Bonchev–Trinajstić information content (AvgIpc) is 2.95.